The summed E-state index contributed by atoms with van der Waals surface area (Å²) in [5.74, 6) is 0. The summed E-state index contributed by atoms with van der Waals surface area (Å²) in [4.78, 5) is 3.35. The van der Waals surface area contributed by atoms with E-state index in [1.807, 2.05) is 36.4 Å². The van der Waals surface area contributed by atoms with Gasteiger partial charge < -0.3 is 5.11 Å². The lowest BCUT2D eigenvalue weighted by Gasteiger charge is -1.89. The van der Waals surface area contributed by atoms with Crippen LogP contribution < -0.4 is 5.11 Å². The van der Waals surface area contributed by atoms with Crippen molar-refractivity contribution in [2.24, 2.45) is 4.99 Å². The van der Waals surface area contributed by atoms with E-state index in [-0.39, 0.29) is 0 Å². The highest BCUT2D eigenvalue weighted by Gasteiger charge is 1.72. The topological polar surface area (TPSA) is 35.4 Å². The number of hydrogen-bond donors (Lipinski definition) is 0. The lowest BCUT2D eigenvalue weighted by molar-refractivity contribution is -0.200. The Balaban J connectivity index is 0.000000280. The zero-order valence-electron chi connectivity index (χ0n) is 8.54. The van der Waals surface area contributed by atoms with Crippen LogP contribution in [0.3, 0.4) is 0 Å². The molecule has 15 heavy (non-hydrogen) atoms. The average Bonchev–Trinajstić information content (AvgIpc) is 2.30. The molecule has 0 bridgehead atoms. The van der Waals surface area contributed by atoms with Gasteiger partial charge in [-0.1, -0.05) is 68.1 Å². The summed E-state index contributed by atoms with van der Waals surface area (Å²) in [6.07, 6.45) is 5.30. The van der Waals surface area contributed by atoms with Crippen molar-refractivity contribution in [2.45, 2.75) is 0 Å². The second-order valence-electron chi connectivity index (χ2n) is 2.48. The molecule has 78 valence electrons. The number of aliphatic imine (C=N–C) groups is 1. The minimum atomic E-state index is 0.435. The van der Waals surface area contributed by atoms with Crippen LogP contribution >= 0.6 is 0 Å². The quantitative estimate of drug-likeness (QED) is 0.419. The molecule has 1 rings (SSSR count). The van der Waals surface area contributed by atoms with E-state index in [1.54, 1.807) is 18.2 Å². The molecule has 0 saturated heterocycles. The van der Waals surface area contributed by atoms with Gasteiger partial charge >= 0.3 is 0 Å². The molecular weight excluding hydrogens is 186 g/mol. The van der Waals surface area contributed by atoms with Crippen molar-refractivity contribution in [1.29, 1.82) is 0 Å². The minimum absolute atomic E-state index is 0.435. The fraction of sp³-hybridized carbons (Fsp3) is 0. The Morgan fingerprint density at radius 3 is 1.87 bits per heavy atom. The third-order valence-electron chi connectivity index (χ3n) is 1.31. The van der Waals surface area contributed by atoms with Gasteiger partial charge in [-0.15, -0.1) is 0 Å². The third kappa shape index (κ3) is 9.83. The van der Waals surface area contributed by atoms with Crippen LogP contribution in [0, 0.1) is 0 Å². The van der Waals surface area contributed by atoms with Gasteiger partial charge in [-0.25, -0.2) is 0 Å². The van der Waals surface area contributed by atoms with Crippen molar-refractivity contribution in [3.8, 4) is 0 Å². The molecule has 0 heterocycles. The molecule has 0 spiro atoms. The molecule has 0 saturated carbocycles. The largest absolute Gasteiger partial charge is 0.864 e. The van der Waals surface area contributed by atoms with E-state index >= 15 is 0 Å². The zero-order valence-corrected chi connectivity index (χ0v) is 8.54. The smallest absolute Gasteiger partial charge is 0.0543 e. The van der Waals surface area contributed by atoms with Crippen LogP contribution in [0.5, 0.6) is 0 Å². The summed E-state index contributed by atoms with van der Waals surface area (Å²) in [6.45, 7) is 6.88. The van der Waals surface area contributed by atoms with Gasteiger partial charge in [0.05, 0.1) is 5.70 Å². The van der Waals surface area contributed by atoms with E-state index in [9.17, 15) is 5.11 Å². The molecule has 0 aliphatic carbocycles. The van der Waals surface area contributed by atoms with Crippen LogP contribution in [-0.4, -0.2) is 6.40 Å². The average molecular weight is 200 g/mol. The van der Waals surface area contributed by atoms with Crippen molar-refractivity contribution in [1.82, 2.24) is 0 Å². The van der Waals surface area contributed by atoms with Gasteiger partial charge in [-0.05, 0) is 6.08 Å². The zero-order chi connectivity index (χ0) is 11.4. The maximum Gasteiger partial charge on any atom is 0.0543 e. The Labute approximate surface area is 90.6 Å². The Morgan fingerprint density at radius 2 is 1.53 bits per heavy atom. The third-order valence-corrected chi connectivity index (χ3v) is 1.31. The van der Waals surface area contributed by atoms with E-state index in [4.69, 9.17) is 0 Å². The molecule has 0 amide bonds. The van der Waals surface area contributed by atoms with Crippen molar-refractivity contribution in [2.75, 3.05) is 0 Å². The van der Waals surface area contributed by atoms with Crippen molar-refractivity contribution in [3.63, 3.8) is 0 Å². The lowest BCUT2D eigenvalue weighted by Crippen LogP contribution is -1.95. The summed E-state index contributed by atoms with van der Waals surface area (Å²) >= 11 is 0. The Kier molecular flexibility index (Phi) is 8.60. The number of allylic oxidation sites excluding steroid dienone is 3. The highest BCUT2D eigenvalue weighted by atomic mass is 16.3. The van der Waals surface area contributed by atoms with Crippen molar-refractivity contribution < 1.29 is 5.11 Å². The van der Waals surface area contributed by atoms with Crippen LogP contribution in [0.2, 0.25) is 0 Å². The molecule has 0 aromatic heterocycles. The van der Waals surface area contributed by atoms with Gasteiger partial charge in [-0.3, -0.25) is 4.99 Å². The lowest BCUT2D eigenvalue weighted by atomic mass is 10.4. The maximum absolute atomic E-state index is 9.69. The van der Waals surface area contributed by atoms with Crippen LogP contribution in [0.1, 0.15) is 0 Å². The second kappa shape index (κ2) is 9.99. The number of rotatable bonds is 3. The molecule has 0 N–H and O–H groups in total. The van der Waals surface area contributed by atoms with Crippen molar-refractivity contribution in [3.05, 3.63) is 73.5 Å². The van der Waals surface area contributed by atoms with E-state index in [0.29, 0.717) is 12.1 Å². The van der Waals surface area contributed by atoms with E-state index in [1.165, 1.54) is 0 Å². The van der Waals surface area contributed by atoms with Gasteiger partial charge in [0.1, 0.15) is 0 Å². The van der Waals surface area contributed by atoms with Crippen LogP contribution in [-0.2, 0) is 0 Å². The van der Waals surface area contributed by atoms with Gasteiger partial charge in [0.15, 0.2) is 0 Å². The Hall–Kier alpha value is -2.09. The molecule has 0 radical (unpaired) electrons. The van der Waals surface area contributed by atoms with E-state index in [2.05, 4.69) is 18.2 Å². The van der Waals surface area contributed by atoms with Gasteiger partial charge in [0.2, 0.25) is 0 Å². The molecule has 0 aliphatic heterocycles. The van der Waals surface area contributed by atoms with Crippen LogP contribution in [0.15, 0.2) is 78.5 Å². The highest BCUT2D eigenvalue weighted by Crippen LogP contribution is 1.91. The number of hydrogen-bond acceptors (Lipinski definition) is 2. The summed E-state index contributed by atoms with van der Waals surface area (Å²) < 4.78 is 0. The SMILES string of the molecule is C=C/C=C\C(=C)N=C[O-].c1ccccc1. The first-order valence-corrected chi connectivity index (χ1v) is 4.43. The molecular formula is C13H14NO-. The molecule has 1 aromatic carbocycles. The van der Waals surface area contributed by atoms with Gasteiger partial charge in [-0.2, -0.15) is 0 Å². The summed E-state index contributed by atoms with van der Waals surface area (Å²) in [5, 5.41) is 9.69. The number of benzene rings is 1. The Bertz CT molecular complexity index is 299. The fourth-order valence-electron chi connectivity index (χ4n) is 0.675. The molecule has 0 fully saturated rings. The fourth-order valence-corrected chi connectivity index (χ4v) is 0.675. The number of nitrogens with zero attached hydrogens (tertiary/aromatic N) is 1. The summed E-state index contributed by atoms with van der Waals surface area (Å²) in [5.41, 5.74) is 0.435. The molecule has 0 atom stereocenters. The predicted octanol–water partition coefficient (Wildman–Crippen LogP) is 2.32. The van der Waals surface area contributed by atoms with E-state index in [0.717, 1.165) is 0 Å². The second-order valence-corrected chi connectivity index (χ2v) is 2.48. The van der Waals surface area contributed by atoms with Crippen LogP contribution in [0.4, 0.5) is 0 Å². The Morgan fingerprint density at radius 1 is 1.07 bits per heavy atom. The van der Waals surface area contributed by atoms with Crippen molar-refractivity contribution >= 4 is 6.40 Å². The normalized spacial score (nSPS) is 9.60. The van der Waals surface area contributed by atoms with E-state index < -0.39 is 0 Å². The molecule has 2 nitrogen and oxygen atoms in total. The standard InChI is InChI=1S/C7H9NO.C6H6/c1-3-4-5-7(2)8-6-9;1-2-4-6-5-3-1/h3-6H,1-2H2,(H,8,9);1-6H/p-1/b5-4-;. The van der Waals surface area contributed by atoms with Crippen LogP contribution in [0.25, 0.3) is 0 Å². The summed E-state index contributed by atoms with van der Waals surface area (Å²) in [7, 11) is 0. The molecule has 0 unspecified atom stereocenters. The highest BCUT2D eigenvalue weighted by molar-refractivity contribution is 5.44. The summed E-state index contributed by atoms with van der Waals surface area (Å²) in [6, 6.07) is 12.0. The monoisotopic (exact) mass is 200 g/mol. The first-order valence-electron chi connectivity index (χ1n) is 4.43. The predicted molar refractivity (Wildman–Crippen MR) is 63.4 cm³/mol. The van der Waals surface area contributed by atoms with Gasteiger partial charge in [0, 0.05) is 0 Å². The first kappa shape index (κ1) is 12.9. The minimum Gasteiger partial charge on any atom is -0.864 e. The molecule has 0 aliphatic rings. The molecule has 1 aromatic rings. The van der Waals surface area contributed by atoms with Gasteiger partial charge in [0.25, 0.3) is 0 Å². The maximum atomic E-state index is 9.69. The molecule has 2 heteroatoms. The first-order chi connectivity index (χ1) is 7.31.